The zero-order chi connectivity index (χ0) is 14.8. The van der Waals surface area contributed by atoms with E-state index in [2.05, 4.69) is 29.1 Å². The third-order valence-corrected chi connectivity index (χ3v) is 4.73. The third kappa shape index (κ3) is 4.24. The van der Waals surface area contributed by atoms with E-state index in [0.29, 0.717) is 28.1 Å². The van der Waals surface area contributed by atoms with Crippen LogP contribution in [0.25, 0.3) is 0 Å². The third-order valence-electron chi connectivity index (χ3n) is 3.99. The van der Waals surface area contributed by atoms with Crippen LogP contribution in [0.3, 0.4) is 0 Å². The lowest BCUT2D eigenvalue weighted by Crippen LogP contribution is -2.42. The number of hydrogen-bond donors (Lipinski definition) is 2. The number of hydrogen-bond acceptors (Lipinski definition) is 5. The number of anilines is 1. The zero-order valence-electron chi connectivity index (χ0n) is 12.2. The molecule has 0 amide bonds. The van der Waals surface area contributed by atoms with E-state index >= 15 is 0 Å². The van der Waals surface area contributed by atoms with Gasteiger partial charge in [0.15, 0.2) is 5.16 Å². The molecule has 0 unspecified atom stereocenters. The zero-order valence-corrected chi connectivity index (χ0v) is 13.8. The molecule has 0 saturated heterocycles. The number of rotatable bonds is 4. The van der Waals surface area contributed by atoms with Crippen molar-refractivity contribution >= 4 is 29.2 Å². The Balaban J connectivity index is 1.97. The van der Waals surface area contributed by atoms with Crippen molar-refractivity contribution in [3.05, 3.63) is 11.2 Å². The highest BCUT2D eigenvalue weighted by atomic mass is 35.5. The largest absolute Gasteiger partial charge is 0.388 e. The van der Waals surface area contributed by atoms with Gasteiger partial charge in [-0.1, -0.05) is 37.2 Å². The Morgan fingerprint density at radius 1 is 1.30 bits per heavy atom. The fraction of sp³-hybridized carbons (Fsp3) is 0.714. The fourth-order valence-corrected chi connectivity index (χ4v) is 3.02. The van der Waals surface area contributed by atoms with Crippen molar-refractivity contribution in [1.29, 1.82) is 0 Å². The molecule has 6 heteroatoms. The second kappa shape index (κ2) is 6.08. The minimum absolute atomic E-state index is 0.344. The lowest BCUT2D eigenvalue weighted by Gasteiger charge is -2.40. The Kier molecular flexibility index (Phi) is 4.82. The molecular formula is C14H22ClN3OS. The number of thioether (sulfide) groups is 1. The summed E-state index contributed by atoms with van der Waals surface area (Å²) in [6, 6.07) is 1.69. The van der Waals surface area contributed by atoms with Gasteiger partial charge in [-0.05, 0) is 37.4 Å². The molecule has 1 aromatic rings. The van der Waals surface area contributed by atoms with E-state index in [1.54, 1.807) is 6.07 Å². The van der Waals surface area contributed by atoms with E-state index in [0.717, 1.165) is 25.7 Å². The van der Waals surface area contributed by atoms with Crippen molar-refractivity contribution in [2.24, 2.45) is 5.41 Å². The molecule has 0 bridgehead atoms. The van der Waals surface area contributed by atoms with Crippen LogP contribution in [0, 0.1) is 5.41 Å². The molecule has 0 atom stereocenters. The first kappa shape index (κ1) is 15.9. The van der Waals surface area contributed by atoms with Gasteiger partial charge in [0.25, 0.3) is 0 Å². The lowest BCUT2D eigenvalue weighted by atomic mass is 9.71. The van der Waals surface area contributed by atoms with Gasteiger partial charge < -0.3 is 10.4 Å². The first-order valence-corrected chi connectivity index (χ1v) is 8.47. The molecule has 20 heavy (non-hydrogen) atoms. The summed E-state index contributed by atoms with van der Waals surface area (Å²) in [5.74, 6) is 0.674. The second-order valence-corrected chi connectivity index (χ2v) is 7.47. The number of aromatic nitrogens is 2. The molecule has 1 heterocycles. The minimum Gasteiger partial charge on any atom is -0.388 e. The smallest absolute Gasteiger partial charge is 0.190 e. The molecule has 4 nitrogen and oxygen atoms in total. The first-order valence-electron chi connectivity index (χ1n) is 6.87. The van der Waals surface area contributed by atoms with Crippen molar-refractivity contribution < 1.29 is 5.11 Å². The van der Waals surface area contributed by atoms with Crippen LogP contribution in [0.2, 0.25) is 5.15 Å². The number of nitrogens with one attached hydrogen (secondary N) is 1. The fourth-order valence-electron chi connectivity index (χ4n) is 2.40. The number of aliphatic hydroxyl groups is 1. The summed E-state index contributed by atoms with van der Waals surface area (Å²) in [5.41, 5.74) is -0.303. The van der Waals surface area contributed by atoms with Crippen LogP contribution < -0.4 is 5.32 Å². The molecule has 1 fully saturated rings. The normalized spacial score (nSPS) is 20.6. The van der Waals surface area contributed by atoms with Crippen molar-refractivity contribution in [2.75, 3.05) is 18.1 Å². The second-order valence-electron chi connectivity index (χ2n) is 6.30. The highest BCUT2D eigenvalue weighted by Crippen LogP contribution is 2.40. The lowest BCUT2D eigenvalue weighted by molar-refractivity contribution is -0.0146. The predicted molar refractivity (Wildman–Crippen MR) is 84.5 cm³/mol. The molecule has 1 aromatic heterocycles. The van der Waals surface area contributed by atoms with Crippen LogP contribution in [0.15, 0.2) is 11.2 Å². The molecule has 2 N–H and O–H groups in total. The van der Waals surface area contributed by atoms with Crippen LogP contribution in [-0.2, 0) is 0 Å². The Labute approximate surface area is 129 Å². The summed E-state index contributed by atoms with van der Waals surface area (Å²) >= 11 is 7.40. The number of nitrogens with zero attached hydrogens (tertiary/aromatic N) is 2. The van der Waals surface area contributed by atoms with Crippen LogP contribution >= 0.6 is 23.4 Å². The summed E-state index contributed by atoms with van der Waals surface area (Å²) in [4.78, 5) is 8.44. The summed E-state index contributed by atoms with van der Waals surface area (Å²) in [5, 5.41) is 14.9. The molecule has 0 spiro atoms. The standard InChI is InChI=1S/C14H22ClN3OS/c1-13(2)4-6-14(19,7-5-13)9-16-11-8-10(15)17-12(18-11)20-3/h8,19H,4-7,9H2,1-3H3,(H,16,17,18). The Hall–Kier alpha value is -0.520. The maximum Gasteiger partial charge on any atom is 0.190 e. The van der Waals surface area contributed by atoms with Crippen molar-refractivity contribution in [3.63, 3.8) is 0 Å². The van der Waals surface area contributed by atoms with Crippen LogP contribution in [0.5, 0.6) is 0 Å². The molecule has 0 aliphatic heterocycles. The van der Waals surface area contributed by atoms with E-state index in [1.807, 2.05) is 6.26 Å². The molecule has 112 valence electrons. The quantitative estimate of drug-likeness (QED) is 0.505. The van der Waals surface area contributed by atoms with E-state index < -0.39 is 5.60 Å². The summed E-state index contributed by atoms with van der Waals surface area (Å²) < 4.78 is 0. The SMILES string of the molecule is CSc1nc(Cl)cc(NCC2(O)CCC(C)(C)CC2)n1. The van der Waals surface area contributed by atoms with Crippen molar-refractivity contribution in [3.8, 4) is 0 Å². The van der Waals surface area contributed by atoms with Crippen molar-refractivity contribution in [1.82, 2.24) is 9.97 Å². The molecule has 1 aliphatic carbocycles. The van der Waals surface area contributed by atoms with Gasteiger partial charge in [-0.3, -0.25) is 0 Å². The summed E-state index contributed by atoms with van der Waals surface area (Å²) in [6.07, 6.45) is 5.64. The summed E-state index contributed by atoms with van der Waals surface area (Å²) in [7, 11) is 0. The van der Waals surface area contributed by atoms with Gasteiger partial charge in [-0.2, -0.15) is 0 Å². The molecule has 0 radical (unpaired) electrons. The van der Waals surface area contributed by atoms with E-state index in [1.165, 1.54) is 11.8 Å². The van der Waals surface area contributed by atoms with Crippen LogP contribution in [0.1, 0.15) is 39.5 Å². The van der Waals surface area contributed by atoms with Crippen LogP contribution in [0.4, 0.5) is 5.82 Å². The van der Waals surface area contributed by atoms with Crippen LogP contribution in [-0.4, -0.2) is 33.5 Å². The van der Waals surface area contributed by atoms with E-state index in [9.17, 15) is 5.11 Å². The highest BCUT2D eigenvalue weighted by molar-refractivity contribution is 7.98. The monoisotopic (exact) mass is 315 g/mol. The van der Waals surface area contributed by atoms with Gasteiger partial charge in [0.05, 0.1) is 5.60 Å². The average Bonchev–Trinajstić information content (AvgIpc) is 2.40. The van der Waals surface area contributed by atoms with Gasteiger partial charge in [-0.25, -0.2) is 9.97 Å². The highest BCUT2D eigenvalue weighted by Gasteiger charge is 2.36. The molecular weight excluding hydrogens is 294 g/mol. The molecule has 0 aromatic carbocycles. The molecule has 1 aliphatic rings. The molecule has 1 saturated carbocycles. The van der Waals surface area contributed by atoms with Gasteiger partial charge in [0.1, 0.15) is 11.0 Å². The molecule has 2 rings (SSSR count). The van der Waals surface area contributed by atoms with Gasteiger partial charge in [-0.15, -0.1) is 0 Å². The van der Waals surface area contributed by atoms with Gasteiger partial charge >= 0.3 is 0 Å². The van der Waals surface area contributed by atoms with Gasteiger partial charge in [0.2, 0.25) is 0 Å². The Morgan fingerprint density at radius 3 is 2.55 bits per heavy atom. The predicted octanol–water partition coefficient (Wildman–Crippen LogP) is 3.60. The average molecular weight is 316 g/mol. The maximum absolute atomic E-state index is 10.6. The number of halogens is 1. The maximum atomic E-state index is 10.6. The van der Waals surface area contributed by atoms with Gasteiger partial charge in [0, 0.05) is 12.6 Å². The first-order chi connectivity index (χ1) is 9.32. The van der Waals surface area contributed by atoms with E-state index in [-0.39, 0.29) is 0 Å². The minimum atomic E-state index is -0.646. The topological polar surface area (TPSA) is 58.0 Å². The summed E-state index contributed by atoms with van der Waals surface area (Å²) in [6.45, 7) is 5.02. The Morgan fingerprint density at radius 2 is 1.95 bits per heavy atom. The Bertz CT molecular complexity index is 471. The van der Waals surface area contributed by atoms with E-state index in [4.69, 9.17) is 11.6 Å². The van der Waals surface area contributed by atoms with Crippen molar-refractivity contribution in [2.45, 2.75) is 50.3 Å².